The Morgan fingerprint density at radius 1 is 1.21 bits per heavy atom. The van der Waals surface area contributed by atoms with Gasteiger partial charge >= 0.3 is 0 Å². The highest BCUT2D eigenvalue weighted by Crippen LogP contribution is 2.35. The lowest BCUT2D eigenvalue weighted by Crippen LogP contribution is -2.43. The molecule has 2 atom stereocenters. The number of halogens is 1. The van der Waals surface area contributed by atoms with Crippen LogP contribution >= 0.6 is 0 Å². The van der Waals surface area contributed by atoms with E-state index in [4.69, 9.17) is 14.2 Å². The molecule has 1 aliphatic heterocycles. The van der Waals surface area contributed by atoms with Crippen molar-refractivity contribution in [3.63, 3.8) is 0 Å². The van der Waals surface area contributed by atoms with Gasteiger partial charge in [-0.25, -0.2) is 4.39 Å². The van der Waals surface area contributed by atoms with Crippen molar-refractivity contribution in [3.8, 4) is 11.5 Å². The zero-order valence-corrected chi connectivity index (χ0v) is 13.7. The molecule has 1 unspecified atom stereocenters. The summed E-state index contributed by atoms with van der Waals surface area (Å²) in [7, 11) is 0. The Kier molecular flexibility index (Phi) is 5.67. The monoisotopic (exact) mass is 331 g/mol. The van der Waals surface area contributed by atoms with Gasteiger partial charge in [0.05, 0.1) is 13.2 Å². The largest absolute Gasteiger partial charge is 0.487 e. The highest BCUT2D eigenvalue weighted by atomic mass is 19.1. The molecule has 0 amide bonds. The van der Waals surface area contributed by atoms with Crippen LogP contribution in [0.2, 0.25) is 0 Å². The lowest BCUT2D eigenvalue weighted by Gasteiger charge is -2.32. The van der Waals surface area contributed by atoms with Gasteiger partial charge in [0, 0.05) is 13.1 Å². The number of para-hydroxylation sites is 1. The fraction of sp³-hybridized carbons (Fsp3) is 0.368. The Bertz CT molecular complexity index is 644. The SMILES string of the molecule is CCOc1c(F)cccc1OC(c1ccccc1)[C@@H]1CNCCO1. The second-order valence-electron chi connectivity index (χ2n) is 5.56. The highest BCUT2D eigenvalue weighted by molar-refractivity contribution is 5.41. The molecule has 2 aromatic rings. The lowest BCUT2D eigenvalue weighted by molar-refractivity contribution is -0.0440. The first-order valence-corrected chi connectivity index (χ1v) is 8.25. The van der Waals surface area contributed by atoms with Crippen molar-refractivity contribution < 1.29 is 18.6 Å². The van der Waals surface area contributed by atoms with Crippen LogP contribution in [0, 0.1) is 5.82 Å². The molecule has 5 heteroatoms. The summed E-state index contributed by atoms with van der Waals surface area (Å²) in [6.07, 6.45) is -0.501. The number of ether oxygens (including phenoxy) is 3. The number of nitrogens with one attached hydrogen (secondary N) is 1. The number of rotatable bonds is 6. The van der Waals surface area contributed by atoms with Crippen LogP contribution in [0.25, 0.3) is 0 Å². The molecule has 4 nitrogen and oxygen atoms in total. The first-order valence-electron chi connectivity index (χ1n) is 8.25. The third-order valence-corrected chi connectivity index (χ3v) is 3.90. The van der Waals surface area contributed by atoms with Crippen molar-refractivity contribution in [2.75, 3.05) is 26.3 Å². The second kappa shape index (κ2) is 8.13. The number of benzene rings is 2. The van der Waals surface area contributed by atoms with Gasteiger partial charge in [-0.1, -0.05) is 36.4 Å². The molecule has 0 aliphatic carbocycles. The van der Waals surface area contributed by atoms with E-state index in [0.29, 0.717) is 25.5 Å². The molecular formula is C19H22FNO3. The third-order valence-electron chi connectivity index (χ3n) is 3.90. The van der Waals surface area contributed by atoms with Crippen LogP contribution in [-0.2, 0) is 4.74 Å². The first-order chi connectivity index (χ1) is 11.8. The Morgan fingerprint density at radius 2 is 2.04 bits per heavy atom. The molecule has 1 aliphatic rings. The summed E-state index contributed by atoms with van der Waals surface area (Å²) < 4.78 is 31.6. The quantitative estimate of drug-likeness (QED) is 0.881. The molecule has 0 bridgehead atoms. The molecule has 24 heavy (non-hydrogen) atoms. The fourth-order valence-corrected chi connectivity index (χ4v) is 2.78. The first kappa shape index (κ1) is 16.7. The standard InChI is InChI=1S/C19H22FNO3/c1-2-22-19-15(20)9-6-10-16(19)24-18(14-7-4-3-5-8-14)17-13-21-11-12-23-17/h3-10,17-18,21H,2,11-13H2,1H3/t17-,18?/m0/s1. The van der Waals surface area contributed by atoms with E-state index in [1.54, 1.807) is 12.1 Å². The summed E-state index contributed by atoms with van der Waals surface area (Å²) in [6, 6.07) is 14.6. The number of morpholine rings is 1. The van der Waals surface area contributed by atoms with Crippen molar-refractivity contribution in [2.24, 2.45) is 0 Å². The van der Waals surface area contributed by atoms with Crippen LogP contribution in [0.3, 0.4) is 0 Å². The van der Waals surface area contributed by atoms with Gasteiger partial charge in [-0.3, -0.25) is 0 Å². The molecule has 1 fully saturated rings. The van der Waals surface area contributed by atoms with Gasteiger partial charge in [0.2, 0.25) is 0 Å². The Hall–Kier alpha value is -2.11. The average molecular weight is 331 g/mol. The van der Waals surface area contributed by atoms with Crippen molar-refractivity contribution in [2.45, 2.75) is 19.1 Å². The number of hydrogen-bond acceptors (Lipinski definition) is 4. The molecule has 1 N–H and O–H groups in total. The van der Waals surface area contributed by atoms with Gasteiger partial charge < -0.3 is 19.5 Å². The molecule has 0 spiro atoms. The minimum Gasteiger partial charge on any atom is -0.487 e. The third kappa shape index (κ3) is 3.86. The van der Waals surface area contributed by atoms with Gasteiger partial charge in [-0.2, -0.15) is 0 Å². The molecule has 128 valence electrons. The molecule has 0 aromatic heterocycles. The average Bonchev–Trinajstić information content (AvgIpc) is 2.64. The van der Waals surface area contributed by atoms with E-state index in [1.165, 1.54) is 6.07 Å². The maximum atomic E-state index is 14.1. The molecule has 1 saturated heterocycles. The lowest BCUT2D eigenvalue weighted by atomic mass is 10.0. The van der Waals surface area contributed by atoms with Gasteiger partial charge in [-0.05, 0) is 24.6 Å². The van der Waals surface area contributed by atoms with E-state index in [9.17, 15) is 4.39 Å². The van der Waals surface area contributed by atoms with E-state index in [0.717, 1.165) is 12.1 Å². The minimum absolute atomic E-state index is 0.143. The zero-order chi connectivity index (χ0) is 16.8. The Labute approximate surface area is 141 Å². The van der Waals surface area contributed by atoms with Crippen LogP contribution in [0.1, 0.15) is 18.6 Å². The molecule has 0 saturated carbocycles. The summed E-state index contributed by atoms with van der Waals surface area (Å²) in [5.74, 6) is 0.105. The fourth-order valence-electron chi connectivity index (χ4n) is 2.78. The van der Waals surface area contributed by atoms with Crippen LogP contribution in [0.15, 0.2) is 48.5 Å². The molecule has 2 aromatic carbocycles. The van der Waals surface area contributed by atoms with Gasteiger partial charge in [-0.15, -0.1) is 0 Å². The van der Waals surface area contributed by atoms with Gasteiger partial charge in [0.25, 0.3) is 0 Å². The second-order valence-corrected chi connectivity index (χ2v) is 5.56. The maximum absolute atomic E-state index is 14.1. The maximum Gasteiger partial charge on any atom is 0.197 e. The normalized spacial score (nSPS) is 18.8. The highest BCUT2D eigenvalue weighted by Gasteiger charge is 2.29. The molecule has 1 heterocycles. The molecule has 0 radical (unpaired) electrons. The van der Waals surface area contributed by atoms with Gasteiger partial charge in [0.1, 0.15) is 6.10 Å². The number of hydrogen-bond donors (Lipinski definition) is 1. The van der Waals surface area contributed by atoms with E-state index in [1.807, 2.05) is 37.3 Å². The summed E-state index contributed by atoms with van der Waals surface area (Å²) in [6.45, 7) is 4.31. The topological polar surface area (TPSA) is 39.7 Å². The predicted molar refractivity (Wildman–Crippen MR) is 90.0 cm³/mol. The van der Waals surface area contributed by atoms with E-state index in [-0.39, 0.29) is 18.0 Å². The minimum atomic E-state index is -0.427. The zero-order valence-electron chi connectivity index (χ0n) is 13.7. The van der Waals surface area contributed by atoms with Crippen molar-refractivity contribution >= 4 is 0 Å². The van der Waals surface area contributed by atoms with E-state index in [2.05, 4.69) is 5.32 Å². The molecule has 3 rings (SSSR count). The molecular weight excluding hydrogens is 309 g/mol. The van der Waals surface area contributed by atoms with Crippen molar-refractivity contribution in [1.29, 1.82) is 0 Å². The van der Waals surface area contributed by atoms with Crippen LogP contribution in [0.4, 0.5) is 4.39 Å². The van der Waals surface area contributed by atoms with Crippen LogP contribution < -0.4 is 14.8 Å². The Balaban J connectivity index is 1.91. The van der Waals surface area contributed by atoms with Crippen molar-refractivity contribution in [1.82, 2.24) is 5.32 Å². The van der Waals surface area contributed by atoms with E-state index >= 15 is 0 Å². The smallest absolute Gasteiger partial charge is 0.197 e. The predicted octanol–water partition coefficient (Wildman–Crippen LogP) is 3.33. The summed E-state index contributed by atoms with van der Waals surface area (Å²) >= 11 is 0. The summed E-state index contributed by atoms with van der Waals surface area (Å²) in [5, 5.41) is 3.31. The van der Waals surface area contributed by atoms with Crippen LogP contribution in [-0.4, -0.2) is 32.4 Å². The van der Waals surface area contributed by atoms with Crippen molar-refractivity contribution in [3.05, 3.63) is 59.9 Å². The van der Waals surface area contributed by atoms with Gasteiger partial charge in [0.15, 0.2) is 23.4 Å². The summed E-state index contributed by atoms with van der Waals surface area (Å²) in [4.78, 5) is 0. The Morgan fingerprint density at radius 3 is 2.75 bits per heavy atom. The van der Waals surface area contributed by atoms with E-state index < -0.39 is 5.82 Å². The van der Waals surface area contributed by atoms with Crippen LogP contribution in [0.5, 0.6) is 11.5 Å². The summed E-state index contributed by atoms with van der Waals surface area (Å²) in [5.41, 5.74) is 0.984.